The van der Waals surface area contributed by atoms with Crippen molar-refractivity contribution in [1.82, 2.24) is 0 Å². The average molecular weight is 220 g/mol. The predicted molar refractivity (Wildman–Crippen MR) is 67.7 cm³/mol. The molecule has 0 radical (unpaired) electrons. The van der Waals surface area contributed by atoms with Crippen LogP contribution in [0.25, 0.3) is 0 Å². The van der Waals surface area contributed by atoms with E-state index in [1.165, 1.54) is 12.8 Å². The fourth-order valence-electron chi connectivity index (χ4n) is 2.04. The van der Waals surface area contributed by atoms with Crippen LogP contribution in [0.2, 0.25) is 0 Å². The van der Waals surface area contributed by atoms with E-state index in [-0.39, 0.29) is 0 Å². The molecule has 1 aliphatic heterocycles. The zero-order valence-electron chi connectivity index (χ0n) is 9.83. The lowest BCUT2D eigenvalue weighted by molar-refractivity contribution is 0.107. The minimum absolute atomic E-state index is 0.461. The van der Waals surface area contributed by atoms with Gasteiger partial charge >= 0.3 is 0 Å². The molecule has 0 aliphatic carbocycles. The molecule has 2 rings (SSSR count). The first-order valence-electron chi connectivity index (χ1n) is 5.97. The summed E-state index contributed by atoms with van der Waals surface area (Å²) >= 11 is 0. The van der Waals surface area contributed by atoms with Crippen molar-refractivity contribution in [1.29, 1.82) is 0 Å². The molecule has 0 spiro atoms. The highest BCUT2D eigenvalue weighted by Gasteiger charge is 2.14. The van der Waals surface area contributed by atoms with Gasteiger partial charge in [-0.25, -0.2) is 0 Å². The van der Waals surface area contributed by atoms with Crippen molar-refractivity contribution in [2.24, 2.45) is 0 Å². The van der Waals surface area contributed by atoms with E-state index in [4.69, 9.17) is 10.5 Å². The summed E-state index contributed by atoms with van der Waals surface area (Å²) in [5.74, 6) is 0. The Morgan fingerprint density at radius 2 is 2.38 bits per heavy atom. The van der Waals surface area contributed by atoms with Crippen molar-refractivity contribution in [3.05, 3.63) is 23.8 Å². The lowest BCUT2D eigenvalue weighted by atomic mass is 10.1. The van der Waals surface area contributed by atoms with Gasteiger partial charge < -0.3 is 15.8 Å². The van der Waals surface area contributed by atoms with Crippen molar-refractivity contribution >= 4 is 11.4 Å². The summed E-state index contributed by atoms with van der Waals surface area (Å²) in [6.07, 6.45) is 3.97. The second kappa shape index (κ2) is 5.21. The van der Waals surface area contributed by atoms with Crippen LogP contribution in [0.1, 0.15) is 24.8 Å². The normalized spacial score (nSPS) is 19.9. The molecule has 1 aliphatic rings. The molecule has 3 nitrogen and oxygen atoms in total. The smallest absolute Gasteiger partial charge is 0.0592 e. The second-order valence-electron chi connectivity index (χ2n) is 4.42. The first-order chi connectivity index (χ1) is 7.75. The zero-order chi connectivity index (χ0) is 11.4. The Kier molecular flexibility index (Phi) is 3.67. The van der Waals surface area contributed by atoms with Crippen LogP contribution in [0.4, 0.5) is 11.4 Å². The summed E-state index contributed by atoms with van der Waals surface area (Å²) in [4.78, 5) is 0. The van der Waals surface area contributed by atoms with Gasteiger partial charge in [0.15, 0.2) is 0 Å². The van der Waals surface area contributed by atoms with Crippen LogP contribution in [0.5, 0.6) is 0 Å². The third-order valence-corrected chi connectivity index (χ3v) is 3.09. The molecule has 0 amide bonds. The van der Waals surface area contributed by atoms with E-state index in [1.54, 1.807) is 0 Å². The number of rotatable bonds is 4. The first-order valence-corrected chi connectivity index (χ1v) is 5.97. The molecule has 3 heteroatoms. The number of hydrogen-bond acceptors (Lipinski definition) is 3. The largest absolute Gasteiger partial charge is 0.399 e. The summed E-state index contributed by atoms with van der Waals surface area (Å²) in [6, 6.07) is 6.06. The molecule has 1 aromatic carbocycles. The number of benzene rings is 1. The number of nitrogens with one attached hydrogen (secondary N) is 1. The molecule has 3 N–H and O–H groups in total. The Morgan fingerprint density at radius 1 is 1.50 bits per heavy atom. The number of ether oxygens (including phenoxy) is 1. The minimum Gasteiger partial charge on any atom is -0.399 e. The minimum atomic E-state index is 0.461. The van der Waals surface area contributed by atoms with Gasteiger partial charge in [0.25, 0.3) is 0 Å². The molecule has 0 saturated carbocycles. The van der Waals surface area contributed by atoms with Crippen molar-refractivity contribution in [2.45, 2.75) is 32.3 Å². The third-order valence-electron chi connectivity index (χ3n) is 3.09. The Labute approximate surface area is 97.0 Å². The standard InChI is InChI=1S/C13H20N2O/c1-10-9-11(4-5-13(10)14)15-7-6-12-3-2-8-16-12/h4-5,9,12,15H,2-3,6-8,14H2,1H3. The number of anilines is 2. The van der Waals surface area contributed by atoms with Crippen LogP contribution in [0.15, 0.2) is 18.2 Å². The van der Waals surface area contributed by atoms with Crippen molar-refractivity contribution in [2.75, 3.05) is 24.2 Å². The SMILES string of the molecule is Cc1cc(NCCC2CCCO2)ccc1N. The molecule has 1 atom stereocenters. The van der Waals surface area contributed by atoms with E-state index in [9.17, 15) is 0 Å². The monoisotopic (exact) mass is 220 g/mol. The van der Waals surface area contributed by atoms with Gasteiger partial charge in [-0.1, -0.05) is 0 Å². The Morgan fingerprint density at radius 3 is 3.06 bits per heavy atom. The molecule has 1 saturated heterocycles. The van der Waals surface area contributed by atoms with Crippen LogP contribution >= 0.6 is 0 Å². The van der Waals surface area contributed by atoms with Gasteiger partial charge in [-0.15, -0.1) is 0 Å². The fourth-order valence-corrected chi connectivity index (χ4v) is 2.04. The number of hydrogen-bond donors (Lipinski definition) is 2. The molecule has 1 aromatic rings. The predicted octanol–water partition coefficient (Wildman–Crippen LogP) is 2.56. The van der Waals surface area contributed by atoms with E-state index in [0.717, 1.165) is 36.5 Å². The van der Waals surface area contributed by atoms with E-state index >= 15 is 0 Å². The molecule has 88 valence electrons. The maximum Gasteiger partial charge on any atom is 0.0592 e. The van der Waals surface area contributed by atoms with Gasteiger partial charge in [-0.05, 0) is 49.9 Å². The molecule has 0 bridgehead atoms. The van der Waals surface area contributed by atoms with Crippen LogP contribution < -0.4 is 11.1 Å². The highest BCUT2D eigenvalue weighted by atomic mass is 16.5. The van der Waals surface area contributed by atoms with E-state index in [1.807, 2.05) is 19.1 Å². The Balaban J connectivity index is 1.78. The van der Waals surface area contributed by atoms with Crippen molar-refractivity contribution < 1.29 is 4.74 Å². The summed E-state index contributed by atoms with van der Waals surface area (Å²) < 4.78 is 5.57. The quantitative estimate of drug-likeness (QED) is 0.767. The molecular weight excluding hydrogens is 200 g/mol. The first kappa shape index (κ1) is 11.3. The van der Waals surface area contributed by atoms with Crippen LogP contribution in [-0.4, -0.2) is 19.3 Å². The second-order valence-corrected chi connectivity index (χ2v) is 4.42. The molecule has 0 aromatic heterocycles. The van der Waals surface area contributed by atoms with Crippen molar-refractivity contribution in [3.63, 3.8) is 0 Å². The van der Waals surface area contributed by atoms with Gasteiger partial charge in [-0.2, -0.15) is 0 Å². The maximum atomic E-state index is 5.77. The van der Waals surface area contributed by atoms with Crippen molar-refractivity contribution in [3.8, 4) is 0 Å². The number of nitrogen functional groups attached to an aromatic ring is 1. The van der Waals surface area contributed by atoms with Crippen LogP contribution in [0.3, 0.4) is 0 Å². The number of nitrogens with two attached hydrogens (primary N) is 1. The Hall–Kier alpha value is -1.22. The molecule has 1 unspecified atom stereocenters. The summed E-state index contributed by atoms with van der Waals surface area (Å²) in [5, 5.41) is 3.40. The van der Waals surface area contributed by atoms with Gasteiger partial charge in [-0.3, -0.25) is 0 Å². The highest BCUT2D eigenvalue weighted by molar-refractivity contribution is 5.56. The molecule has 1 heterocycles. The lowest BCUT2D eigenvalue weighted by Gasteiger charge is -2.11. The molecular formula is C13H20N2O. The van der Waals surface area contributed by atoms with Crippen LogP contribution in [0, 0.1) is 6.92 Å². The van der Waals surface area contributed by atoms with Gasteiger partial charge in [0, 0.05) is 24.5 Å². The van der Waals surface area contributed by atoms with Gasteiger partial charge in [0.1, 0.15) is 0 Å². The van der Waals surface area contributed by atoms with Gasteiger partial charge in [0.2, 0.25) is 0 Å². The Bertz CT molecular complexity index is 346. The van der Waals surface area contributed by atoms with Crippen LogP contribution in [-0.2, 0) is 4.74 Å². The zero-order valence-corrected chi connectivity index (χ0v) is 9.83. The summed E-state index contributed by atoms with van der Waals surface area (Å²) in [7, 11) is 0. The summed E-state index contributed by atoms with van der Waals surface area (Å²) in [5.41, 5.74) is 8.89. The fraction of sp³-hybridized carbons (Fsp3) is 0.538. The number of aryl methyl sites for hydroxylation is 1. The third kappa shape index (κ3) is 2.89. The lowest BCUT2D eigenvalue weighted by Crippen LogP contribution is -2.12. The highest BCUT2D eigenvalue weighted by Crippen LogP contribution is 2.18. The topological polar surface area (TPSA) is 47.3 Å². The average Bonchev–Trinajstić information content (AvgIpc) is 2.76. The van der Waals surface area contributed by atoms with Gasteiger partial charge in [0.05, 0.1) is 6.10 Å². The summed E-state index contributed by atoms with van der Waals surface area (Å²) in [6.45, 7) is 3.93. The molecule has 16 heavy (non-hydrogen) atoms. The maximum absolute atomic E-state index is 5.77. The molecule has 1 fully saturated rings. The van der Waals surface area contributed by atoms with E-state index in [0.29, 0.717) is 6.10 Å². The van der Waals surface area contributed by atoms with E-state index in [2.05, 4.69) is 11.4 Å². The van der Waals surface area contributed by atoms with E-state index < -0.39 is 0 Å².